The second-order valence-corrected chi connectivity index (χ2v) is 4.89. The monoisotopic (exact) mass is 264 g/mol. The minimum absolute atomic E-state index is 0.0267. The highest BCUT2D eigenvalue weighted by Crippen LogP contribution is 2.17. The molecular weight excluding hydrogens is 244 g/mol. The van der Waals surface area contributed by atoms with Crippen LogP contribution >= 0.6 is 0 Å². The second kappa shape index (κ2) is 6.08. The van der Waals surface area contributed by atoms with Gasteiger partial charge in [-0.25, -0.2) is 9.97 Å². The molecule has 0 saturated carbocycles. The maximum atomic E-state index is 12.6. The Morgan fingerprint density at radius 3 is 2.79 bits per heavy atom. The molecule has 0 spiro atoms. The van der Waals surface area contributed by atoms with E-state index >= 15 is 0 Å². The Kier molecular flexibility index (Phi) is 4.44. The van der Waals surface area contributed by atoms with Crippen molar-refractivity contribution in [3.8, 4) is 5.88 Å². The summed E-state index contributed by atoms with van der Waals surface area (Å²) in [5, 5.41) is 0. The van der Waals surface area contributed by atoms with Crippen LogP contribution in [0.4, 0.5) is 0 Å². The van der Waals surface area contributed by atoms with E-state index in [1.165, 1.54) is 19.5 Å². The summed E-state index contributed by atoms with van der Waals surface area (Å²) in [4.78, 5) is 25.1. The topological polar surface area (TPSA) is 58.6 Å². The highest BCUT2D eigenvalue weighted by atomic mass is 16.5. The van der Waals surface area contributed by atoms with Crippen molar-refractivity contribution in [1.82, 2.24) is 19.8 Å². The van der Waals surface area contributed by atoms with Crippen molar-refractivity contribution in [3.63, 3.8) is 0 Å². The van der Waals surface area contributed by atoms with E-state index in [-0.39, 0.29) is 11.8 Å². The van der Waals surface area contributed by atoms with Crippen molar-refractivity contribution < 1.29 is 9.53 Å². The van der Waals surface area contributed by atoms with Crippen molar-refractivity contribution in [2.24, 2.45) is 0 Å². The van der Waals surface area contributed by atoms with Crippen LogP contribution < -0.4 is 4.74 Å². The number of ether oxygens (including phenoxy) is 1. The van der Waals surface area contributed by atoms with Gasteiger partial charge in [0.2, 0.25) is 11.7 Å². The van der Waals surface area contributed by atoms with Gasteiger partial charge in [0.1, 0.15) is 0 Å². The van der Waals surface area contributed by atoms with Gasteiger partial charge in [0.15, 0.2) is 5.69 Å². The lowest BCUT2D eigenvalue weighted by Crippen LogP contribution is -2.44. The minimum Gasteiger partial charge on any atom is -0.479 e. The second-order valence-electron chi connectivity index (χ2n) is 4.89. The number of carbonyl (C=O) groups is 1. The maximum absolute atomic E-state index is 12.6. The number of ketones is 1. The molecule has 0 N–H and O–H groups in total. The Morgan fingerprint density at radius 2 is 2.05 bits per heavy atom. The van der Waals surface area contributed by atoms with Gasteiger partial charge in [-0.3, -0.25) is 9.69 Å². The number of hydrogen-bond acceptors (Lipinski definition) is 6. The van der Waals surface area contributed by atoms with E-state index in [0.717, 1.165) is 19.5 Å². The highest BCUT2D eigenvalue weighted by Gasteiger charge is 2.30. The normalized spacial score (nSPS) is 21.9. The first kappa shape index (κ1) is 13.9. The van der Waals surface area contributed by atoms with Gasteiger partial charge in [-0.05, 0) is 33.6 Å². The predicted molar refractivity (Wildman–Crippen MR) is 71.4 cm³/mol. The third kappa shape index (κ3) is 3.08. The van der Waals surface area contributed by atoms with Crippen molar-refractivity contribution in [2.75, 3.05) is 40.8 Å². The molecule has 0 radical (unpaired) electrons. The van der Waals surface area contributed by atoms with Crippen molar-refractivity contribution in [3.05, 3.63) is 18.1 Å². The molecule has 0 aromatic carbocycles. The van der Waals surface area contributed by atoms with Gasteiger partial charge in [0.05, 0.1) is 13.2 Å². The molecule has 1 fully saturated rings. The summed E-state index contributed by atoms with van der Waals surface area (Å²) in [6.45, 7) is 2.62. The average Bonchev–Trinajstić information content (AvgIpc) is 2.59. The zero-order valence-corrected chi connectivity index (χ0v) is 11.7. The van der Waals surface area contributed by atoms with Crippen molar-refractivity contribution in [2.45, 2.75) is 12.5 Å². The summed E-state index contributed by atoms with van der Waals surface area (Å²) in [5.41, 5.74) is 0.317. The van der Waals surface area contributed by atoms with Crippen LogP contribution in [0.1, 0.15) is 16.9 Å². The quantitative estimate of drug-likeness (QED) is 0.732. The molecule has 1 aliphatic heterocycles. The summed E-state index contributed by atoms with van der Waals surface area (Å²) in [7, 11) is 5.52. The van der Waals surface area contributed by atoms with E-state index < -0.39 is 0 Å². The fourth-order valence-corrected chi connectivity index (χ4v) is 2.36. The third-order valence-corrected chi connectivity index (χ3v) is 3.46. The van der Waals surface area contributed by atoms with Gasteiger partial charge in [-0.2, -0.15) is 0 Å². The molecule has 19 heavy (non-hydrogen) atoms. The van der Waals surface area contributed by atoms with E-state index in [4.69, 9.17) is 4.74 Å². The number of methoxy groups -OCH3 is 1. The zero-order chi connectivity index (χ0) is 13.8. The lowest BCUT2D eigenvalue weighted by molar-refractivity contribution is 0.0830. The maximum Gasteiger partial charge on any atom is 0.243 e. The third-order valence-electron chi connectivity index (χ3n) is 3.46. The predicted octanol–water partition coefficient (Wildman–Crippen LogP) is 0.304. The summed E-state index contributed by atoms with van der Waals surface area (Å²) >= 11 is 0. The molecule has 104 valence electrons. The van der Waals surface area contributed by atoms with E-state index in [1.807, 2.05) is 14.1 Å². The van der Waals surface area contributed by atoms with Crippen LogP contribution in [0.25, 0.3) is 0 Å². The number of aromatic nitrogens is 2. The minimum atomic E-state index is -0.196. The molecule has 1 atom stereocenters. The summed E-state index contributed by atoms with van der Waals surface area (Å²) in [6, 6.07) is -0.196. The summed E-state index contributed by atoms with van der Waals surface area (Å²) in [6.07, 6.45) is 4.11. The van der Waals surface area contributed by atoms with Gasteiger partial charge in [0, 0.05) is 18.9 Å². The number of hydrogen-bond donors (Lipinski definition) is 0. The Bertz CT molecular complexity index is 452. The van der Waals surface area contributed by atoms with Crippen LogP contribution in [0.15, 0.2) is 12.4 Å². The van der Waals surface area contributed by atoms with E-state index in [2.05, 4.69) is 19.8 Å². The molecule has 1 aromatic rings. The number of carbonyl (C=O) groups excluding carboxylic acids is 1. The van der Waals surface area contributed by atoms with Crippen LogP contribution in [-0.4, -0.2) is 72.4 Å². The smallest absolute Gasteiger partial charge is 0.243 e. The first-order valence-electron chi connectivity index (χ1n) is 6.41. The molecule has 1 aromatic heterocycles. The Hall–Kier alpha value is -1.53. The van der Waals surface area contributed by atoms with Gasteiger partial charge in [0.25, 0.3) is 0 Å². The zero-order valence-electron chi connectivity index (χ0n) is 11.7. The van der Waals surface area contributed by atoms with E-state index in [9.17, 15) is 4.79 Å². The van der Waals surface area contributed by atoms with Gasteiger partial charge in [-0.15, -0.1) is 0 Å². The Balaban J connectivity index is 2.26. The summed E-state index contributed by atoms with van der Waals surface area (Å²) in [5.74, 6) is 0.272. The molecule has 0 amide bonds. The molecule has 2 heterocycles. The first-order valence-corrected chi connectivity index (χ1v) is 6.41. The fourth-order valence-electron chi connectivity index (χ4n) is 2.36. The fraction of sp³-hybridized carbons (Fsp3) is 0.615. The average molecular weight is 264 g/mol. The molecule has 1 unspecified atom stereocenters. The van der Waals surface area contributed by atoms with Crippen LogP contribution in [0.2, 0.25) is 0 Å². The molecule has 1 aliphatic rings. The highest BCUT2D eigenvalue weighted by molar-refractivity contribution is 6.00. The van der Waals surface area contributed by atoms with Crippen molar-refractivity contribution >= 4 is 5.78 Å². The van der Waals surface area contributed by atoms with Gasteiger partial charge < -0.3 is 9.64 Å². The van der Waals surface area contributed by atoms with Crippen LogP contribution in [0.3, 0.4) is 0 Å². The van der Waals surface area contributed by atoms with Crippen LogP contribution in [0.5, 0.6) is 5.88 Å². The number of Topliss-reactive ketones (excluding diaryl/α,β-unsaturated/α-hetero) is 1. The first-order chi connectivity index (χ1) is 9.13. The lowest BCUT2D eigenvalue weighted by atomic mass is 10.1. The van der Waals surface area contributed by atoms with Crippen LogP contribution in [0, 0.1) is 0 Å². The molecule has 0 aliphatic carbocycles. The lowest BCUT2D eigenvalue weighted by Gasteiger charge is -2.25. The van der Waals surface area contributed by atoms with Crippen LogP contribution in [-0.2, 0) is 0 Å². The van der Waals surface area contributed by atoms with Gasteiger partial charge in [-0.1, -0.05) is 0 Å². The molecule has 2 rings (SSSR count). The molecular formula is C13H20N4O2. The molecule has 6 heteroatoms. The molecule has 1 saturated heterocycles. The molecule has 6 nitrogen and oxygen atoms in total. The Morgan fingerprint density at radius 1 is 1.32 bits per heavy atom. The van der Waals surface area contributed by atoms with Gasteiger partial charge >= 0.3 is 0 Å². The summed E-state index contributed by atoms with van der Waals surface area (Å²) < 4.78 is 5.12. The Labute approximate surface area is 113 Å². The van der Waals surface area contributed by atoms with Crippen molar-refractivity contribution in [1.29, 1.82) is 0 Å². The SMILES string of the molecule is COc1nccnc1C(=O)C1CN(C)CCCN1C. The van der Waals surface area contributed by atoms with E-state index in [1.54, 1.807) is 0 Å². The largest absolute Gasteiger partial charge is 0.479 e. The van der Waals surface area contributed by atoms with E-state index in [0.29, 0.717) is 18.1 Å². The standard InChI is InChI=1S/C13H20N4O2/c1-16-7-4-8-17(2)10(9-16)12(18)11-13(19-3)15-6-5-14-11/h5-6,10H,4,7-9H2,1-3H3. The number of nitrogens with zero attached hydrogens (tertiary/aromatic N) is 4. The number of rotatable bonds is 3. The molecule has 0 bridgehead atoms. The number of likely N-dealkylation sites (N-methyl/N-ethyl adjacent to an activating group) is 2.